The van der Waals surface area contributed by atoms with E-state index >= 15 is 0 Å². The number of unbranched alkanes of at least 4 members (excludes halogenated alkanes) is 1. The van der Waals surface area contributed by atoms with Crippen LogP contribution >= 0.6 is 8.58 Å². The van der Waals surface area contributed by atoms with Gasteiger partial charge in [-0.2, -0.15) is 0 Å². The van der Waals surface area contributed by atoms with Crippen molar-refractivity contribution in [3.05, 3.63) is 99.6 Å². The lowest BCUT2D eigenvalue weighted by atomic mass is 9.85. The zero-order valence-electron chi connectivity index (χ0n) is 22.1. The standard InChI is InChI=1S/C31H40F2NOP/c1-22-9-11-26(19-23(22)2)28(29-13-12-27(32)20-30(29)33)8-5-6-16-35-31-14-10-25(18-24(31)3)21-34-15-7-17-36-4/h9-14,18-20,28,34,36H,5-8,15-17,21H2,1-4H3. The topological polar surface area (TPSA) is 21.3 Å². The summed E-state index contributed by atoms with van der Waals surface area (Å²) >= 11 is 0. The van der Waals surface area contributed by atoms with Crippen molar-refractivity contribution in [2.45, 2.75) is 58.9 Å². The average Bonchev–Trinajstić information content (AvgIpc) is 2.85. The minimum Gasteiger partial charge on any atom is -0.493 e. The maximum Gasteiger partial charge on any atom is 0.129 e. The number of hydrogen-bond donors (Lipinski definition) is 1. The highest BCUT2D eigenvalue weighted by molar-refractivity contribution is 7.36. The van der Waals surface area contributed by atoms with E-state index in [1.165, 1.54) is 35.3 Å². The van der Waals surface area contributed by atoms with E-state index in [-0.39, 0.29) is 5.92 Å². The van der Waals surface area contributed by atoms with Crippen LogP contribution in [0.25, 0.3) is 0 Å². The normalized spacial score (nSPS) is 12.4. The smallest absolute Gasteiger partial charge is 0.129 e. The van der Waals surface area contributed by atoms with Gasteiger partial charge in [0.2, 0.25) is 0 Å². The number of benzene rings is 3. The van der Waals surface area contributed by atoms with Crippen molar-refractivity contribution in [1.82, 2.24) is 5.32 Å². The van der Waals surface area contributed by atoms with Crippen LogP contribution < -0.4 is 10.1 Å². The van der Waals surface area contributed by atoms with E-state index in [9.17, 15) is 8.78 Å². The molecule has 0 saturated heterocycles. The van der Waals surface area contributed by atoms with Crippen LogP contribution in [0.5, 0.6) is 5.75 Å². The van der Waals surface area contributed by atoms with E-state index < -0.39 is 11.6 Å². The van der Waals surface area contributed by atoms with Crippen molar-refractivity contribution in [3.63, 3.8) is 0 Å². The van der Waals surface area contributed by atoms with Crippen LogP contribution in [0.15, 0.2) is 54.6 Å². The van der Waals surface area contributed by atoms with Gasteiger partial charge in [-0.15, -0.1) is 8.58 Å². The summed E-state index contributed by atoms with van der Waals surface area (Å²) in [6, 6.07) is 16.6. The molecule has 0 heterocycles. The van der Waals surface area contributed by atoms with Gasteiger partial charge in [0.15, 0.2) is 0 Å². The third-order valence-electron chi connectivity index (χ3n) is 6.76. The molecule has 3 rings (SSSR count). The summed E-state index contributed by atoms with van der Waals surface area (Å²) < 4.78 is 34.3. The number of nitrogens with one attached hydrogen (secondary N) is 1. The Balaban J connectivity index is 1.54. The Bertz CT molecular complexity index is 1120. The van der Waals surface area contributed by atoms with Crippen LogP contribution in [0.2, 0.25) is 0 Å². The molecule has 2 nitrogen and oxygen atoms in total. The molecule has 1 N–H and O–H groups in total. The van der Waals surface area contributed by atoms with Crippen molar-refractivity contribution < 1.29 is 13.5 Å². The van der Waals surface area contributed by atoms with Crippen molar-refractivity contribution in [1.29, 1.82) is 0 Å². The molecule has 36 heavy (non-hydrogen) atoms. The van der Waals surface area contributed by atoms with Gasteiger partial charge in [-0.1, -0.05) is 36.4 Å². The molecule has 0 bridgehead atoms. The molecule has 0 saturated carbocycles. The summed E-state index contributed by atoms with van der Waals surface area (Å²) in [4.78, 5) is 0. The fourth-order valence-electron chi connectivity index (χ4n) is 4.51. The summed E-state index contributed by atoms with van der Waals surface area (Å²) in [5, 5.41) is 3.51. The number of hydrogen-bond acceptors (Lipinski definition) is 2. The van der Waals surface area contributed by atoms with Crippen molar-refractivity contribution in [2.24, 2.45) is 0 Å². The molecule has 0 aromatic heterocycles. The van der Waals surface area contributed by atoms with Crippen LogP contribution in [0.4, 0.5) is 8.78 Å². The molecule has 0 spiro atoms. The Morgan fingerprint density at radius 3 is 2.42 bits per heavy atom. The largest absolute Gasteiger partial charge is 0.493 e. The molecule has 0 radical (unpaired) electrons. The zero-order chi connectivity index (χ0) is 25.9. The van der Waals surface area contributed by atoms with Crippen molar-refractivity contribution in [3.8, 4) is 5.75 Å². The maximum atomic E-state index is 14.7. The number of halogens is 2. The number of ether oxygens (including phenoxy) is 1. The van der Waals surface area contributed by atoms with Gasteiger partial charge in [-0.05, 0) is 111 Å². The molecular weight excluding hydrogens is 471 g/mol. The Morgan fingerprint density at radius 2 is 1.69 bits per heavy atom. The van der Waals surface area contributed by atoms with Crippen LogP contribution in [-0.4, -0.2) is 26.0 Å². The predicted molar refractivity (Wildman–Crippen MR) is 150 cm³/mol. The lowest BCUT2D eigenvalue weighted by molar-refractivity contribution is 0.302. The maximum absolute atomic E-state index is 14.7. The molecule has 194 valence electrons. The average molecular weight is 512 g/mol. The summed E-state index contributed by atoms with van der Waals surface area (Å²) in [6.45, 7) is 11.0. The lowest BCUT2D eigenvalue weighted by Crippen LogP contribution is -2.15. The zero-order valence-corrected chi connectivity index (χ0v) is 23.1. The highest BCUT2D eigenvalue weighted by Gasteiger charge is 2.19. The first-order valence-corrected chi connectivity index (χ1v) is 14.7. The van der Waals surface area contributed by atoms with E-state index in [4.69, 9.17) is 4.74 Å². The predicted octanol–water partition coefficient (Wildman–Crippen LogP) is 8.06. The fourth-order valence-corrected chi connectivity index (χ4v) is 5.04. The van der Waals surface area contributed by atoms with Crippen LogP contribution in [0.1, 0.15) is 65.0 Å². The molecule has 2 unspecified atom stereocenters. The van der Waals surface area contributed by atoms with E-state index in [2.05, 4.69) is 69.2 Å². The lowest BCUT2D eigenvalue weighted by Gasteiger charge is -2.20. The van der Waals surface area contributed by atoms with Crippen LogP contribution in [-0.2, 0) is 6.54 Å². The molecule has 3 aromatic rings. The van der Waals surface area contributed by atoms with Gasteiger partial charge in [0.1, 0.15) is 17.4 Å². The molecule has 3 aromatic carbocycles. The van der Waals surface area contributed by atoms with Gasteiger partial charge in [-0.3, -0.25) is 0 Å². The molecule has 0 aliphatic rings. The minimum atomic E-state index is -0.544. The molecule has 5 heteroatoms. The minimum absolute atomic E-state index is 0.115. The molecule has 0 amide bonds. The quantitative estimate of drug-likeness (QED) is 0.175. The molecule has 2 atom stereocenters. The molecule has 0 aliphatic carbocycles. The van der Waals surface area contributed by atoms with Crippen molar-refractivity contribution >= 4 is 8.58 Å². The van der Waals surface area contributed by atoms with Crippen LogP contribution in [0, 0.1) is 32.4 Å². The van der Waals surface area contributed by atoms with Gasteiger partial charge in [-0.25, -0.2) is 8.78 Å². The summed E-state index contributed by atoms with van der Waals surface area (Å²) in [5.41, 5.74) is 6.43. The Kier molecular flexibility index (Phi) is 11.4. The molecule has 0 aliphatic heterocycles. The van der Waals surface area contributed by atoms with E-state index in [1.54, 1.807) is 6.07 Å². The first-order valence-electron chi connectivity index (χ1n) is 13.0. The Morgan fingerprint density at radius 1 is 0.861 bits per heavy atom. The first-order chi connectivity index (χ1) is 17.4. The SMILES string of the molecule is CPCCCNCc1ccc(OCCCCC(c2ccc(C)c(C)c2)c2ccc(F)cc2F)c(C)c1. The van der Waals surface area contributed by atoms with E-state index in [1.807, 2.05) is 0 Å². The van der Waals surface area contributed by atoms with Crippen molar-refractivity contribution in [2.75, 3.05) is 26.0 Å². The third-order valence-corrected chi connectivity index (χ3v) is 7.62. The molecular formula is C31H40F2NOP. The Labute approximate surface area is 217 Å². The van der Waals surface area contributed by atoms with E-state index in [0.29, 0.717) is 12.2 Å². The second-order valence-corrected chi connectivity index (χ2v) is 10.8. The highest BCUT2D eigenvalue weighted by Crippen LogP contribution is 2.33. The number of aryl methyl sites for hydroxylation is 3. The second-order valence-electron chi connectivity index (χ2n) is 9.64. The van der Waals surface area contributed by atoms with Gasteiger partial charge in [0.25, 0.3) is 0 Å². The summed E-state index contributed by atoms with van der Waals surface area (Å²) in [6.07, 6.45) is 5.05. The monoisotopic (exact) mass is 511 g/mol. The van der Waals surface area contributed by atoms with Gasteiger partial charge < -0.3 is 10.1 Å². The fraction of sp³-hybridized carbons (Fsp3) is 0.419. The first kappa shape index (κ1) is 28.3. The number of rotatable bonds is 14. The Hall–Kier alpha value is -2.29. The molecule has 0 fully saturated rings. The van der Waals surface area contributed by atoms with E-state index in [0.717, 1.165) is 63.9 Å². The van der Waals surface area contributed by atoms with Gasteiger partial charge in [0, 0.05) is 18.5 Å². The van der Waals surface area contributed by atoms with Gasteiger partial charge >= 0.3 is 0 Å². The third kappa shape index (κ3) is 8.39. The van der Waals surface area contributed by atoms with Gasteiger partial charge in [0.05, 0.1) is 6.61 Å². The highest BCUT2D eigenvalue weighted by atomic mass is 31.1. The summed E-state index contributed by atoms with van der Waals surface area (Å²) in [5.74, 6) is -0.222. The van der Waals surface area contributed by atoms with Crippen LogP contribution in [0.3, 0.4) is 0 Å². The second kappa shape index (κ2) is 14.4. The summed E-state index contributed by atoms with van der Waals surface area (Å²) in [7, 11) is 1.03.